The van der Waals surface area contributed by atoms with Crippen LogP contribution in [0, 0.1) is 0 Å². The van der Waals surface area contributed by atoms with Crippen LogP contribution in [0.15, 0.2) is 45.9 Å². The molecule has 2 aliphatic carbocycles. The van der Waals surface area contributed by atoms with Gasteiger partial charge in [-0.1, -0.05) is 18.2 Å². The number of allylic oxidation sites excluding steroid dienone is 7. The molecular weight excluding hydrogens is 188 g/mol. The third kappa shape index (κ3) is 1.18. The maximum atomic E-state index is 11.0. The molecule has 0 bridgehead atoms. The van der Waals surface area contributed by atoms with E-state index in [1.54, 1.807) is 25.2 Å². The second-order valence-corrected chi connectivity index (χ2v) is 4.38. The first-order valence-electron chi connectivity index (χ1n) is 3.79. The molecule has 0 saturated carbocycles. The zero-order valence-corrected chi connectivity index (χ0v) is 7.80. The highest BCUT2D eigenvalue weighted by Gasteiger charge is 2.28. The predicted octanol–water partition coefficient (Wildman–Crippen LogP) is 1.58. The molecule has 68 valence electrons. The highest BCUT2D eigenvalue weighted by atomic mass is 32.2. The minimum Gasteiger partial charge on any atom is -0.282 e. The van der Waals surface area contributed by atoms with Crippen molar-refractivity contribution in [2.45, 2.75) is 6.92 Å². The van der Waals surface area contributed by atoms with Crippen LogP contribution in [0.4, 0.5) is 0 Å². The van der Waals surface area contributed by atoms with Crippen molar-refractivity contribution in [2.24, 2.45) is 0 Å². The van der Waals surface area contributed by atoms with Crippen LogP contribution in [0.25, 0.3) is 0 Å². The largest absolute Gasteiger partial charge is 0.295 e. The van der Waals surface area contributed by atoms with Gasteiger partial charge in [-0.15, -0.1) is 0 Å². The molecule has 2 aliphatic rings. The fourth-order valence-corrected chi connectivity index (χ4v) is 2.55. The average Bonchev–Trinajstić information content (AvgIpc) is 2.41. The summed E-state index contributed by atoms with van der Waals surface area (Å²) in [5.41, 5.74) is 2.04. The van der Waals surface area contributed by atoms with Crippen LogP contribution < -0.4 is 0 Å². The molecule has 0 atom stereocenters. The summed E-state index contributed by atoms with van der Waals surface area (Å²) in [6, 6.07) is 0. The highest BCUT2D eigenvalue weighted by molar-refractivity contribution is 7.90. The maximum absolute atomic E-state index is 11.0. The van der Waals surface area contributed by atoms with Gasteiger partial charge in [0.15, 0.2) is 0 Å². The molecule has 4 heteroatoms. The Bertz CT molecular complexity index is 487. The van der Waals surface area contributed by atoms with Crippen molar-refractivity contribution in [2.75, 3.05) is 0 Å². The van der Waals surface area contributed by atoms with Crippen molar-refractivity contribution in [3.63, 3.8) is 0 Å². The molecule has 13 heavy (non-hydrogen) atoms. The van der Waals surface area contributed by atoms with Gasteiger partial charge in [0.1, 0.15) is 4.91 Å². The molecule has 0 amide bonds. The van der Waals surface area contributed by atoms with Gasteiger partial charge in [0.2, 0.25) is 0 Å². The monoisotopic (exact) mass is 196 g/mol. The van der Waals surface area contributed by atoms with E-state index in [-0.39, 0.29) is 4.91 Å². The molecule has 0 saturated heterocycles. The van der Waals surface area contributed by atoms with Crippen molar-refractivity contribution in [1.29, 1.82) is 0 Å². The van der Waals surface area contributed by atoms with Crippen molar-refractivity contribution < 1.29 is 13.0 Å². The first-order chi connectivity index (χ1) is 6.00. The fraction of sp³-hybridized carbons (Fsp3) is 0.111. The summed E-state index contributed by atoms with van der Waals surface area (Å²) in [6.07, 6.45) is 7.01. The molecule has 0 radical (unpaired) electrons. The molecule has 0 fully saturated rings. The van der Waals surface area contributed by atoms with Crippen LogP contribution in [0.2, 0.25) is 0 Å². The van der Waals surface area contributed by atoms with E-state index in [4.69, 9.17) is 4.55 Å². The molecule has 0 aromatic heterocycles. The van der Waals surface area contributed by atoms with Crippen LogP contribution in [-0.2, 0) is 10.1 Å². The Morgan fingerprint density at radius 1 is 1.38 bits per heavy atom. The molecule has 3 nitrogen and oxygen atoms in total. The van der Waals surface area contributed by atoms with Crippen LogP contribution in [-0.4, -0.2) is 13.0 Å². The highest BCUT2D eigenvalue weighted by Crippen LogP contribution is 2.37. The van der Waals surface area contributed by atoms with Crippen LogP contribution in [0.5, 0.6) is 0 Å². The fourth-order valence-electron chi connectivity index (χ4n) is 1.62. The molecule has 0 heterocycles. The zero-order valence-electron chi connectivity index (χ0n) is 6.98. The average molecular weight is 196 g/mol. The van der Waals surface area contributed by atoms with Crippen molar-refractivity contribution in [1.82, 2.24) is 0 Å². The number of fused-ring (bicyclic) bond motifs is 1. The summed E-state index contributed by atoms with van der Waals surface area (Å²) >= 11 is 0. The molecule has 0 aromatic carbocycles. The quantitative estimate of drug-likeness (QED) is 0.648. The lowest BCUT2D eigenvalue weighted by atomic mass is 10.2. The third-order valence-corrected chi connectivity index (χ3v) is 3.14. The summed E-state index contributed by atoms with van der Waals surface area (Å²) in [6.45, 7) is 1.67. The van der Waals surface area contributed by atoms with E-state index in [9.17, 15) is 8.42 Å². The second-order valence-electron chi connectivity index (χ2n) is 3.03. The van der Waals surface area contributed by atoms with Crippen LogP contribution >= 0.6 is 0 Å². The van der Waals surface area contributed by atoms with Crippen LogP contribution in [0.3, 0.4) is 0 Å². The summed E-state index contributed by atoms with van der Waals surface area (Å²) in [4.78, 5) is 0.0347. The SMILES string of the molecule is CC1=C(S(=O)(=O)O)C2=CC=CC2=C1. The number of hydrogen-bond donors (Lipinski definition) is 1. The van der Waals surface area contributed by atoms with Crippen molar-refractivity contribution >= 4 is 10.1 Å². The van der Waals surface area contributed by atoms with Gasteiger partial charge in [-0.25, -0.2) is 0 Å². The minimum atomic E-state index is -4.09. The molecule has 1 N–H and O–H groups in total. The second kappa shape index (κ2) is 2.43. The minimum absolute atomic E-state index is 0.0347. The number of hydrogen-bond acceptors (Lipinski definition) is 2. The van der Waals surface area contributed by atoms with Gasteiger partial charge in [0.05, 0.1) is 0 Å². The first-order valence-corrected chi connectivity index (χ1v) is 5.23. The Balaban J connectivity index is 2.62. The van der Waals surface area contributed by atoms with Gasteiger partial charge in [-0.2, -0.15) is 8.42 Å². The summed E-state index contributed by atoms with van der Waals surface area (Å²) in [7, 11) is -4.09. The normalized spacial score (nSPS) is 20.5. The van der Waals surface area contributed by atoms with Gasteiger partial charge in [-0.3, -0.25) is 4.55 Å². The lowest BCUT2D eigenvalue weighted by Crippen LogP contribution is -2.03. The van der Waals surface area contributed by atoms with Gasteiger partial charge in [0.25, 0.3) is 10.1 Å². The van der Waals surface area contributed by atoms with Crippen molar-refractivity contribution in [3.05, 3.63) is 45.9 Å². The lowest BCUT2D eigenvalue weighted by molar-refractivity contribution is 0.491. The lowest BCUT2D eigenvalue weighted by Gasteiger charge is -2.01. The zero-order chi connectivity index (χ0) is 9.64. The van der Waals surface area contributed by atoms with Gasteiger partial charge in [-0.05, 0) is 24.1 Å². The van der Waals surface area contributed by atoms with Gasteiger partial charge >= 0.3 is 0 Å². The molecule has 0 aliphatic heterocycles. The molecule has 2 rings (SSSR count). The van der Waals surface area contributed by atoms with E-state index in [2.05, 4.69) is 0 Å². The van der Waals surface area contributed by atoms with Crippen LogP contribution in [0.1, 0.15) is 6.92 Å². The predicted molar refractivity (Wildman–Crippen MR) is 49.6 cm³/mol. The third-order valence-electron chi connectivity index (χ3n) is 2.08. The molecule has 0 aromatic rings. The first kappa shape index (κ1) is 8.47. The Labute approximate surface area is 76.5 Å². The van der Waals surface area contributed by atoms with Crippen molar-refractivity contribution in [3.8, 4) is 0 Å². The maximum Gasteiger partial charge on any atom is 0.295 e. The van der Waals surface area contributed by atoms with E-state index in [0.717, 1.165) is 5.57 Å². The standard InChI is InChI=1S/C9H8O3S/c1-6-5-7-3-2-4-8(7)9(6)13(10,11)12/h2-5H,1H3,(H,10,11,12). The topological polar surface area (TPSA) is 54.4 Å². The molecule has 0 unspecified atom stereocenters. The Morgan fingerprint density at radius 2 is 2.08 bits per heavy atom. The van der Waals surface area contributed by atoms with E-state index in [1.165, 1.54) is 0 Å². The Hall–Kier alpha value is -1.13. The van der Waals surface area contributed by atoms with Gasteiger partial charge < -0.3 is 0 Å². The van der Waals surface area contributed by atoms with E-state index >= 15 is 0 Å². The van der Waals surface area contributed by atoms with E-state index in [0.29, 0.717) is 11.1 Å². The van der Waals surface area contributed by atoms with E-state index in [1.807, 2.05) is 6.08 Å². The Morgan fingerprint density at radius 3 is 2.69 bits per heavy atom. The molecular formula is C9H8O3S. The summed E-state index contributed by atoms with van der Waals surface area (Å²) in [5.74, 6) is 0. The van der Waals surface area contributed by atoms with E-state index < -0.39 is 10.1 Å². The van der Waals surface area contributed by atoms with Gasteiger partial charge in [0, 0.05) is 5.57 Å². The number of rotatable bonds is 1. The summed E-state index contributed by atoms with van der Waals surface area (Å²) in [5, 5.41) is 0. The summed E-state index contributed by atoms with van der Waals surface area (Å²) < 4.78 is 30.9. The Kier molecular flexibility index (Phi) is 1.58. The molecule has 0 spiro atoms. The smallest absolute Gasteiger partial charge is 0.282 e.